The lowest BCUT2D eigenvalue weighted by Gasteiger charge is -2.22. The number of nitrogens with zero attached hydrogens (tertiary/aromatic N) is 3. The predicted molar refractivity (Wildman–Crippen MR) is 113 cm³/mol. The zero-order chi connectivity index (χ0) is 19.9. The van der Waals surface area contributed by atoms with Crippen molar-refractivity contribution in [1.29, 1.82) is 0 Å². The maximum Gasteiger partial charge on any atom is 0.259 e. The number of pyridine rings is 1. The van der Waals surface area contributed by atoms with Crippen LogP contribution in [0.15, 0.2) is 48.7 Å². The van der Waals surface area contributed by atoms with Crippen LogP contribution in [0.25, 0.3) is 0 Å². The molecule has 1 saturated carbocycles. The van der Waals surface area contributed by atoms with Crippen molar-refractivity contribution < 1.29 is 9.53 Å². The molecule has 1 aliphatic rings. The molecular weight excluding hydrogens is 384 g/mol. The average molecular weight is 409 g/mol. The molecule has 1 N–H and O–H groups in total. The summed E-state index contributed by atoms with van der Waals surface area (Å²) in [6, 6.07) is 13.7. The smallest absolute Gasteiger partial charge is 0.259 e. The molecule has 1 aliphatic carbocycles. The quantitative estimate of drug-likeness (QED) is 0.614. The number of hydrogen-bond acceptors (Lipinski definition) is 6. The third-order valence-electron chi connectivity index (χ3n) is 5.00. The number of aromatic nitrogens is 3. The number of rotatable bonds is 7. The van der Waals surface area contributed by atoms with Crippen molar-refractivity contribution in [2.24, 2.45) is 0 Å². The number of carbonyl (C=O) groups excluding carboxylic acids is 1. The minimum absolute atomic E-state index is 0.242. The molecule has 2 aromatic heterocycles. The molecule has 29 heavy (non-hydrogen) atoms. The fraction of sp³-hybridized carbons (Fsp3) is 0.364. The van der Waals surface area contributed by atoms with E-state index in [1.165, 1.54) is 36.2 Å². The second-order valence-corrected chi connectivity index (χ2v) is 8.27. The van der Waals surface area contributed by atoms with E-state index in [1.807, 2.05) is 18.2 Å². The van der Waals surface area contributed by atoms with E-state index in [0.717, 1.165) is 30.7 Å². The number of carbonyl (C=O) groups is 1. The molecule has 3 aromatic rings. The second kappa shape index (κ2) is 9.60. The highest BCUT2D eigenvalue weighted by Crippen LogP contribution is 2.23. The van der Waals surface area contributed by atoms with Crippen LogP contribution in [0.2, 0.25) is 0 Å². The molecule has 150 valence electrons. The first-order valence-corrected chi connectivity index (χ1v) is 10.9. The van der Waals surface area contributed by atoms with Gasteiger partial charge in [-0.25, -0.2) is 4.98 Å². The molecule has 0 spiro atoms. The first-order chi connectivity index (χ1) is 14.3. The molecule has 0 unspecified atom stereocenters. The van der Waals surface area contributed by atoms with Crippen LogP contribution in [0.4, 0.5) is 5.13 Å². The van der Waals surface area contributed by atoms with Gasteiger partial charge >= 0.3 is 0 Å². The highest BCUT2D eigenvalue weighted by Gasteiger charge is 2.16. The molecule has 0 radical (unpaired) electrons. The van der Waals surface area contributed by atoms with Gasteiger partial charge in [-0.1, -0.05) is 48.1 Å². The Bertz CT molecular complexity index is 922. The molecule has 0 saturated heterocycles. The van der Waals surface area contributed by atoms with E-state index < -0.39 is 0 Å². The molecule has 1 amide bonds. The summed E-state index contributed by atoms with van der Waals surface area (Å²) in [5.74, 6) is 0.333. The number of ether oxygens (including phenoxy) is 1. The topological polar surface area (TPSA) is 77.0 Å². The SMILES string of the molecule is O=C(Nc1nnc(CCc2ccccc2)s1)c1ccc(OC2CCCCC2)nc1. The van der Waals surface area contributed by atoms with Gasteiger partial charge in [0, 0.05) is 18.7 Å². The molecule has 0 atom stereocenters. The van der Waals surface area contributed by atoms with Gasteiger partial charge < -0.3 is 4.74 Å². The molecule has 0 bridgehead atoms. The third kappa shape index (κ3) is 5.60. The van der Waals surface area contributed by atoms with Crippen LogP contribution in [0.1, 0.15) is 53.0 Å². The summed E-state index contributed by atoms with van der Waals surface area (Å²) in [6.07, 6.45) is 9.34. The number of aryl methyl sites for hydroxylation is 2. The molecule has 1 aromatic carbocycles. The number of nitrogens with one attached hydrogen (secondary N) is 1. The van der Waals surface area contributed by atoms with Crippen LogP contribution in [0.3, 0.4) is 0 Å². The third-order valence-corrected chi connectivity index (χ3v) is 5.89. The highest BCUT2D eigenvalue weighted by atomic mass is 32.1. The van der Waals surface area contributed by atoms with E-state index in [2.05, 4.69) is 32.6 Å². The van der Waals surface area contributed by atoms with Crippen LogP contribution in [0.5, 0.6) is 5.88 Å². The van der Waals surface area contributed by atoms with Crippen molar-refractivity contribution in [1.82, 2.24) is 15.2 Å². The first-order valence-electron chi connectivity index (χ1n) is 10.1. The van der Waals surface area contributed by atoms with Crippen molar-refractivity contribution in [2.75, 3.05) is 5.32 Å². The summed E-state index contributed by atoms with van der Waals surface area (Å²) >= 11 is 1.40. The van der Waals surface area contributed by atoms with Crippen LogP contribution >= 0.6 is 11.3 Å². The lowest BCUT2D eigenvalue weighted by Crippen LogP contribution is -2.20. The zero-order valence-corrected chi connectivity index (χ0v) is 17.0. The fourth-order valence-electron chi connectivity index (χ4n) is 3.41. The van der Waals surface area contributed by atoms with Crippen molar-refractivity contribution in [2.45, 2.75) is 51.0 Å². The maximum absolute atomic E-state index is 12.5. The molecule has 4 rings (SSSR count). The summed E-state index contributed by atoms with van der Waals surface area (Å²) in [7, 11) is 0. The Balaban J connectivity index is 1.29. The van der Waals surface area contributed by atoms with E-state index in [9.17, 15) is 4.79 Å². The minimum Gasteiger partial charge on any atom is -0.474 e. The minimum atomic E-state index is -0.243. The Hall–Kier alpha value is -2.80. The standard InChI is InChI=1S/C22H24N4O2S/c27-21(17-12-13-19(23-15-17)28-18-9-5-2-6-10-18)24-22-26-25-20(29-22)14-11-16-7-3-1-4-8-16/h1,3-4,7-8,12-13,15,18H,2,5-6,9-11,14H2,(H,24,26,27). The van der Waals surface area contributed by atoms with Crippen LogP contribution in [0, 0.1) is 0 Å². The molecule has 7 heteroatoms. The summed E-state index contributed by atoms with van der Waals surface area (Å²) < 4.78 is 5.91. The number of anilines is 1. The number of amides is 1. The van der Waals surface area contributed by atoms with Crippen molar-refractivity contribution in [3.63, 3.8) is 0 Å². The summed E-state index contributed by atoms with van der Waals surface area (Å²) in [6.45, 7) is 0. The van der Waals surface area contributed by atoms with E-state index in [0.29, 0.717) is 16.6 Å². The van der Waals surface area contributed by atoms with E-state index >= 15 is 0 Å². The summed E-state index contributed by atoms with van der Waals surface area (Å²) in [5.41, 5.74) is 1.73. The Morgan fingerprint density at radius 3 is 2.62 bits per heavy atom. The van der Waals surface area contributed by atoms with Gasteiger partial charge in [0.05, 0.1) is 5.56 Å². The Morgan fingerprint density at radius 2 is 1.86 bits per heavy atom. The Kier molecular flexibility index (Phi) is 6.46. The van der Waals surface area contributed by atoms with Crippen LogP contribution < -0.4 is 10.1 Å². The van der Waals surface area contributed by atoms with Gasteiger partial charge in [-0.05, 0) is 43.7 Å². The molecule has 1 fully saturated rings. The van der Waals surface area contributed by atoms with E-state index in [1.54, 1.807) is 18.3 Å². The van der Waals surface area contributed by atoms with Gasteiger partial charge in [0.25, 0.3) is 5.91 Å². The summed E-state index contributed by atoms with van der Waals surface area (Å²) in [4.78, 5) is 16.7. The van der Waals surface area contributed by atoms with Gasteiger partial charge in [-0.2, -0.15) is 0 Å². The average Bonchev–Trinajstić information content (AvgIpc) is 3.21. The van der Waals surface area contributed by atoms with E-state index in [-0.39, 0.29) is 12.0 Å². The molecule has 6 nitrogen and oxygen atoms in total. The predicted octanol–water partition coefficient (Wildman–Crippen LogP) is 4.68. The monoisotopic (exact) mass is 408 g/mol. The zero-order valence-electron chi connectivity index (χ0n) is 16.2. The van der Waals surface area contributed by atoms with Crippen molar-refractivity contribution in [3.8, 4) is 5.88 Å². The van der Waals surface area contributed by atoms with Gasteiger partial charge in [-0.15, -0.1) is 10.2 Å². The Morgan fingerprint density at radius 1 is 1.03 bits per heavy atom. The highest BCUT2D eigenvalue weighted by molar-refractivity contribution is 7.15. The lowest BCUT2D eigenvalue weighted by atomic mass is 9.98. The van der Waals surface area contributed by atoms with Gasteiger partial charge in [-0.3, -0.25) is 10.1 Å². The van der Waals surface area contributed by atoms with E-state index in [4.69, 9.17) is 4.74 Å². The maximum atomic E-state index is 12.5. The molecule has 0 aliphatic heterocycles. The van der Waals surface area contributed by atoms with Crippen LogP contribution in [-0.2, 0) is 12.8 Å². The largest absolute Gasteiger partial charge is 0.474 e. The number of benzene rings is 1. The van der Waals surface area contributed by atoms with Crippen LogP contribution in [-0.4, -0.2) is 27.2 Å². The molecular formula is C22H24N4O2S. The number of hydrogen-bond donors (Lipinski definition) is 1. The lowest BCUT2D eigenvalue weighted by molar-refractivity contribution is 0.102. The van der Waals surface area contributed by atoms with Crippen molar-refractivity contribution in [3.05, 3.63) is 64.8 Å². The van der Waals surface area contributed by atoms with Gasteiger partial charge in [0.1, 0.15) is 11.1 Å². The second-order valence-electron chi connectivity index (χ2n) is 7.20. The van der Waals surface area contributed by atoms with Crippen molar-refractivity contribution >= 4 is 22.4 Å². The molecule has 2 heterocycles. The summed E-state index contributed by atoms with van der Waals surface area (Å²) in [5, 5.41) is 12.5. The Labute approximate surface area is 174 Å². The van der Waals surface area contributed by atoms with Gasteiger partial charge in [0.15, 0.2) is 0 Å². The first kappa shape index (κ1) is 19.5. The van der Waals surface area contributed by atoms with Gasteiger partial charge in [0.2, 0.25) is 11.0 Å². The fourth-order valence-corrected chi connectivity index (χ4v) is 4.14. The normalized spacial score (nSPS) is 14.5.